The zero-order valence-corrected chi connectivity index (χ0v) is 6.40. The summed E-state index contributed by atoms with van der Waals surface area (Å²) in [6.07, 6.45) is 6.22. The molecule has 0 aliphatic heterocycles. The van der Waals surface area contributed by atoms with Crippen LogP contribution in [-0.2, 0) is 0 Å². The average Bonchev–Trinajstić information content (AvgIpc) is 2.87. The molecule has 1 aromatic heterocycles. The lowest BCUT2D eigenvalue weighted by Crippen LogP contribution is -2.12. The van der Waals surface area contributed by atoms with Gasteiger partial charge in [-0.15, -0.1) is 0 Å². The topological polar surface area (TPSA) is 38.9 Å². The van der Waals surface area contributed by atoms with E-state index in [2.05, 4.69) is 11.1 Å². The van der Waals surface area contributed by atoms with Crippen LogP contribution >= 0.6 is 0 Å². The van der Waals surface area contributed by atoms with E-state index in [0.717, 1.165) is 5.92 Å². The van der Waals surface area contributed by atoms with E-state index in [-0.39, 0.29) is 13.5 Å². The smallest absolute Gasteiger partial charge is 0.0338 e. The summed E-state index contributed by atoms with van der Waals surface area (Å²) in [7, 11) is 0. The van der Waals surface area contributed by atoms with Gasteiger partial charge in [-0.25, -0.2) is 0 Å². The fourth-order valence-corrected chi connectivity index (χ4v) is 1.30. The van der Waals surface area contributed by atoms with Gasteiger partial charge in [0.05, 0.1) is 0 Å². The maximum Gasteiger partial charge on any atom is 0.0338 e. The molecule has 0 spiro atoms. The molecule has 1 unspecified atom stereocenters. The van der Waals surface area contributed by atoms with Crippen molar-refractivity contribution in [1.29, 1.82) is 0 Å². The van der Waals surface area contributed by atoms with Crippen LogP contribution in [0.25, 0.3) is 0 Å². The first-order chi connectivity index (χ1) is 5.38. The molecule has 2 heteroatoms. The van der Waals surface area contributed by atoms with Crippen LogP contribution in [0.15, 0.2) is 24.5 Å². The van der Waals surface area contributed by atoms with E-state index < -0.39 is 0 Å². The molecule has 2 N–H and O–H groups in total. The van der Waals surface area contributed by atoms with E-state index in [4.69, 9.17) is 5.73 Å². The van der Waals surface area contributed by atoms with E-state index in [9.17, 15) is 0 Å². The fraction of sp³-hybridized carbons (Fsp3) is 0.500. The minimum atomic E-state index is 0. The summed E-state index contributed by atoms with van der Waals surface area (Å²) in [6.45, 7) is 0. The summed E-state index contributed by atoms with van der Waals surface area (Å²) in [5.41, 5.74) is 7.14. The predicted octanol–water partition coefficient (Wildman–Crippen LogP) is 2.13. The van der Waals surface area contributed by atoms with Crippen molar-refractivity contribution in [3.8, 4) is 0 Å². The number of hydrogen-bond acceptors (Lipinski definition) is 2. The number of nitrogens with zero attached hydrogens (tertiary/aromatic N) is 1. The Balaban J connectivity index is 0.000000720. The minimum Gasteiger partial charge on any atom is -0.324 e. The molecule has 0 amide bonds. The molecule has 12 heavy (non-hydrogen) atoms. The molecular formula is C10H16N2. The summed E-state index contributed by atoms with van der Waals surface area (Å²) in [4.78, 5) is 4.04. The lowest BCUT2D eigenvalue weighted by atomic mass is 10.1. The lowest BCUT2D eigenvalue weighted by molar-refractivity contribution is 0.631. The molecule has 1 heterocycles. The van der Waals surface area contributed by atoms with Crippen LogP contribution in [0.3, 0.4) is 0 Å². The molecule has 1 aliphatic rings. The van der Waals surface area contributed by atoms with Crippen molar-refractivity contribution in [3.63, 3.8) is 0 Å². The van der Waals surface area contributed by atoms with Gasteiger partial charge in [0, 0.05) is 18.4 Å². The normalized spacial score (nSPS) is 18.1. The number of aromatic nitrogens is 1. The molecule has 1 aliphatic carbocycles. The van der Waals surface area contributed by atoms with Crippen molar-refractivity contribution >= 4 is 0 Å². The second-order valence-electron chi connectivity index (χ2n) is 3.15. The number of hydrogen-bond donors (Lipinski definition) is 1. The van der Waals surface area contributed by atoms with Gasteiger partial charge in [-0.2, -0.15) is 0 Å². The van der Waals surface area contributed by atoms with Crippen molar-refractivity contribution in [1.82, 2.24) is 4.98 Å². The Kier molecular flexibility index (Phi) is 2.82. The highest BCUT2D eigenvalue weighted by Crippen LogP contribution is 2.38. The quantitative estimate of drug-likeness (QED) is 0.727. The van der Waals surface area contributed by atoms with Crippen LogP contribution in [0.1, 0.15) is 31.9 Å². The Morgan fingerprint density at radius 1 is 1.50 bits per heavy atom. The molecule has 0 saturated heterocycles. The van der Waals surface area contributed by atoms with Gasteiger partial charge in [0.2, 0.25) is 0 Å². The summed E-state index contributed by atoms with van der Waals surface area (Å²) in [6, 6.07) is 4.22. The molecule has 0 aromatic carbocycles. The molecule has 2 nitrogen and oxygen atoms in total. The summed E-state index contributed by atoms with van der Waals surface area (Å²) in [5, 5.41) is 0. The Hall–Kier alpha value is -0.890. The molecular weight excluding hydrogens is 148 g/mol. The van der Waals surface area contributed by atoms with Crippen molar-refractivity contribution in [2.75, 3.05) is 0 Å². The third-order valence-electron chi connectivity index (χ3n) is 2.20. The third kappa shape index (κ3) is 1.83. The first-order valence-corrected chi connectivity index (χ1v) is 4.03. The first-order valence-electron chi connectivity index (χ1n) is 4.03. The van der Waals surface area contributed by atoms with Crippen LogP contribution in [-0.4, -0.2) is 4.98 Å². The Labute approximate surface area is 73.8 Å². The molecule has 2 rings (SSSR count). The molecule has 1 atom stereocenters. The summed E-state index contributed by atoms with van der Waals surface area (Å²) < 4.78 is 0. The number of pyridine rings is 1. The van der Waals surface area contributed by atoms with Crippen molar-refractivity contribution in [2.24, 2.45) is 11.7 Å². The largest absolute Gasteiger partial charge is 0.324 e. The average molecular weight is 164 g/mol. The zero-order valence-electron chi connectivity index (χ0n) is 6.40. The maximum absolute atomic E-state index is 5.96. The number of rotatable bonds is 2. The highest BCUT2D eigenvalue weighted by atomic mass is 14.7. The van der Waals surface area contributed by atoms with E-state index in [1.807, 2.05) is 12.3 Å². The second kappa shape index (κ2) is 3.68. The Morgan fingerprint density at radius 2 is 2.25 bits per heavy atom. The van der Waals surface area contributed by atoms with Crippen LogP contribution in [0.5, 0.6) is 0 Å². The van der Waals surface area contributed by atoms with Gasteiger partial charge >= 0.3 is 0 Å². The van der Waals surface area contributed by atoms with Gasteiger partial charge in [0.15, 0.2) is 0 Å². The van der Waals surface area contributed by atoms with Gasteiger partial charge < -0.3 is 5.73 Å². The molecule has 1 fully saturated rings. The van der Waals surface area contributed by atoms with Gasteiger partial charge in [-0.1, -0.05) is 13.5 Å². The van der Waals surface area contributed by atoms with Gasteiger partial charge in [-0.05, 0) is 30.4 Å². The predicted molar refractivity (Wildman–Crippen MR) is 50.6 cm³/mol. The monoisotopic (exact) mass is 164 g/mol. The molecule has 1 saturated carbocycles. The fourth-order valence-electron chi connectivity index (χ4n) is 1.30. The van der Waals surface area contributed by atoms with E-state index in [1.165, 1.54) is 18.4 Å². The standard InChI is InChI=1S/C9H12N2.CH4/c10-9(7-3-4-7)8-2-1-5-11-6-8;/h1-2,5-7,9H,3-4,10H2;1H4. The zero-order chi connectivity index (χ0) is 7.68. The highest BCUT2D eigenvalue weighted by molar-refractivity contribution is 5.15. The van der Waals surface area contributed by atoms with E-state index in [1.54, 1.807) is 6.20 Å². The van der Waals surface area contributed by atoms with Crippen LogP contribution in [0.2, 0.25) is 0 Å². The number of nitrogens with two attached hydrogens (primary N) is 1. The lowest BCUT2D eigenvalue weighted by Gasteiger charge is -2.08. The summed E-state index contributed by atoms with van der Waals surface area (Å²) in [5.74, 6) is 0.721. The van der Waals surface area contributed by atoms with Crippen LogP contribution in [0.4, 0.5) is 0 Å². The van der Waals surface area contributed by atoms with Gasteiger partial charge in [0.1, 0.15) is 0 Å². The Morgan fingerprint density at radius 3 is 2.75 bits per heavy atom. The third-order valence-corrected chi connectivity index (χ3v) is 2.20. The van der Waals surface area contributed by atoms with Crippen LogP contribution in [0, 0.1) is 5.92 Å². The maximum atomic E-state index is 5.96. The van der Waals surface area contributed by atoms with Gasteiger partial charge in [-0.3, -0.25) is 4.98 Å². The Bertz CT molecular complexity index is 229. The second-order valence-corrected chi connectivity index (χ2v) is 3.15. The van der Waals surface area contributed by atoms with Crippen molar-refractivity contribution < 1.29 is 0 Å². The molecule has 0 bridgehead atoms. The minimum absolute atomic E-state index is 0. The SMILES string of the molecule is C.NC(c1cccnc1)C1CC1. The van der Waals surface area contributed by atoms with Gasteiger partial charge in [0.25, 0.3) is 0 Å². The van der Waals surface area contributed by atoms with Crippen molar-refractivity contribution in [3.05, 3.63) is 30.1 Å². The van der Waals surface area contributed by atoms with Crippen LogP contribution < -0.4 is 5.73 Å². The molecule has 1 aromatic rings. The van der Waals surface area contributed by atoms with E-state index >= 15 is 0 Å². The molecule has 66 valence electrons. The highest BCUT2D eigenvalue weighted by Gasteiger charge is 2.29. The summed E-state index contributed by atoms with van der Waals surface area (Å²) >= 11 is 0. The van der Waals surface area contributed by atoms with E-state index in [0.29, 0.717) is 0 Å². The van der Waals surface area contributed by atoms with Crippen molar-refractivity contribution in [2.45, 2.75) is 26.3 Å². The first kappa shape index (κ1) is 9.20. The molecule has 0 radical (unpaired) electrons.